The monoisotopic (exact) mass is 296 g/mol. The van der Waals surface area contributed by atoms with E-state index in [4.69, 9.17) is 9.47 Å². The van der Waals surface area contributed by atoms with Crippen LogP contribution in [-0.2, 0) is 4.74 Å². The lowest BCUT2D eigenvalue weighted by molar-refractivity contribution is 0.0531. The van der Waals surface area contributed by atoms with E-state index in [9.17, 15) is 4.39 Å². The summed E-state index contributed by atoms with van der Waals surface area (Å²) in [6.45, 7) is 8.63. The van der Waals surface area contributed by atoms with E-state index in [2.05, 4.69) is 16.7 Å². The fourth-order valence-electron chi connectivity index (χ4n) is 2.66. The molecular weight excluding hydrogens is 271 g/mol. The fraction of sp³-hybridized carbons (Fsp3) is 0.625. The second-order valence-corrected chi connectivity index (χ2v) is 5.48. The van der Waals surface area contributed by atoms with Gasteiger partial charge in [0.2, 0.25) is 0 Å². The van der Waals surface area contributed by atoms with E-state index in [1.807, 2.05) is 0 Å². The van der Waals surface area contributed by atoms with Gasteiger partial charge in [0.1, 0.15) is 18.2 Å². The number of hydrogen-bond acceptors (Lipinski definition) is 4. The van der Waals surface area contributed by atoms with Crippen LogP contribution in [0.2, 0.25) is 0 Å². The fourth-order valence-corrected chi connectivity index (χ4v) is 2.66. The van der Waals surface area contributed by atoms with Gasteiger partial charge in [-0.3, -0.25) is 9.80 Å². The molecule has 21 heavy (non-hydrogen) atoms. The molecule has 2 rings (SSSR count). The quantitative estimate of drug-likeness (QED) is 0.767. The maximum Gasteiger partial charge on any atom is 0.126 e. The number of rotatable bonds is 7. The molecule has 0 N–H and O–H groups in total. The van der Waals surface area contributed by atoms with Gasteiger partial charge in [0.15, 0.2) is 0 Å². The van der Waals surface area contributed by atoms with Gasteiger partial charge >= 0.3 is 0 Å². The highest BCUT2D eigenvalue weighted by molar-refractivity contribution is 5.22. The van der Waals surface area contributed by atoms with Crippen LogP contribution in [0, 0.1) is 5.82 Å². The van der Waals surface area contributed by atoms with Crippen molar-refractivity contribution in [3.8, 4) is 5.75 Å². The van der Waals surface area contributed by atoms with E-state index < -0.39 is 0 Å². The molecule has 1 aliphatic heterocycles. The molecule has 0 bridgehead atoms. The van der Waals surface area contributed by atoms with Crippen LogP contribution in [0.25, 0.3) is 0 Å². The first-order valence-electron chi connectivity index (χ1n) is 7.53. The molecule has 0 amide bonds. The molecular formula is C16H25FN2O2. The maximum atomic E-state index is 13.0. The van der Waals surface area contributed by atoms with Crippen LogP contribution in [0.3, 0.4) is 0 Å². The minimum Gasteiger partial charge on any atom is -0.492 e. The van der Waals surface area contributed by atoms with Crippen molar-refractivity contribution in [1.29, 1.82) is 0 Å². The SMILES string of the molecule is COCCN1CCN(CCOc2cccc(F)c2)C[C@H]1C. The van der Waals surface area contributed by atoms with Crippen molar-refractivity contribution in [2.45, 2.75) is 13.0 Å². The molecule has 0 radical (unpaired) electrons. The average Bonchev–Trinajstić information content (AvgIpc) is 2.46. The molecule has 1 heterocycles. The number of benzene rings is 1. The lowest BCUT2D eigenvalue weighted by atomic mass is 10.2. The summed E-state index contributed by atoms with van der Waals surface area (Å²) in [5.41, 5.74) is 0. The molecule has 1 fully saturated rings. The molecule has 0 spiro atoms. The van der Waals surface area contributed by atoms with E-state index in [-0.39, 0.29) is 5.82 Å². The number of methoxy groups -OCH3 is 1. The number of ether oxygens (including phenoxy) is 2. The Hall–Kier alpha value is -1.17. The van der Waals surface area contributed by atoms with Crippen molar-refractivity contribution in [3.05, 3.63) is 30.1 Å². The molecule has 5 heteroatoms. The Balaban J connectivity index is 1.68. The van der Waals surface area contributed by atoms with Gasteiger partial charge in [-0.2, -0.15) is 0 Å². The van der Waals surface area contributed by atoms with Gasteiger partial charge in [0, 0.05) is 51.9 Å². The number of nitrogens with zero attached hydrogens (tertiary/aromatic N) is 2. The third-order valence-electron chi connectivity index (χ3n) is 3.90. The lowest BCUT2D eigenvalue weighted by Gasteiger charge is -2.39. The summed E-state index contributed by atoms with van der Waals surface area (Å²) in [5.74, 6) is 0.342. The van der Waals surface area contributed by atoms with Crippen LogP contribution in [0.4, 0.5) is 4.39 Å². The van der Waals surface area contributed by atoms with Gasteiger partial charge in [-0.1, -0.05) is 6.07 Å². The summed E-state index contributed by atoms with van der Waals surface area (Å²) in [7, 11) is 1.74. The van der Waals surface area contributed by atoms with Crippen molar-refractivity contribution in [1.82, 2.24) is 9.80 Å². The van der Waals surface area contributed by atoms with E-state index in [0.29, 0.717) is 18.4 Å². The number of hydrogen-bond donors (Lipinski definition) is 0. The Labute approximate surface area is 126 Å². The third kappa shape index (κ3) is 5.26. The first-order chi connectivity index (χ1) is 10.2. The van der Waals surface area contributed by atoms with Crippen molar-refractivity contribution < 1.29 is 13.9 Å². The second-order valence-electron chi connectivity index (χ2n) is 5.48. The van der Waals surface area contributed by atoms with Gasteiger partial charge < -0.3 is 9.47 Å². The normalized spacial score (nSPS) is 20.6. The minimum absolute atomic E-state index is 0.257. The van der Waals surface area contributed by atoms with Crippen molar-refractivity contribution >= 4 is 0 Å². The number of halogens is 1. The molecule has 0 aliphatic carbocycles. The highest BCUT2D eigenvalue weighted by Gasteiger charge is 2.22. The first-order valence-corrected chi connectivity index (χ1v) is 7.53. The molecule has 1 aromatic carbocycles. The van der Waals surface area contributed by atoms with Crippen molar-refractivity contribution in [2.75, 3.05) is 53.0 Å². The molecule has 1 aromatic rings. The lowest BCUT2D eigenvalue weighted by Crippen LogP contribution is -2.53. The first kappa shape index (κ1) is 16.2. The highest BCUT2D eigenvalue weighted by atomic mass is 19.1. The zero-order valence-electron chi connectivity index (χ0n) is 12.9. The highest BCUT2D eigenvalue weighted by Crippen LogP contribution is 2.13. The predicted octanol–water partition coefficient (Wildman–Crippen LogP) is 1.86. The summed E-state index contributed by atoms with van der Waals surface area (Å²) in [4.78, 5) is 4.85. The zero-order valence-corrected chi connectivity index (χ0v) is 12.9. The van der Waals surface area contributed by atoms with E-state index in [0.717, 1.165) is 39.3 Å². The molecule has 4 nitrogen and oxygen atoms in total. The summed E-state index contributed by atoms with van der Waals surface area (Å²) < 4.78 is 23.8. The molecule has 0 saturated carbocycles. The van der Waals surface area contributed by atoms with Gasteiger partial charge in [-0.05, 0) is 19.1 Å². The standard InChI is InChI=1S/C16H25FN2O2/c1-14-13-18(6-7-19(14)9-10-20-2)8-11-21-16-5-3-4-15(17)12-16/h3-5,12,14H,6-11,13H2,1-2H3/t14-/m1/s1. The van der Waals surface area contributed by atoms with Crippen molar-refractivity contribution in [2.24, 2.45) is 0 Å². The zero-order chi connectivity index (χ0) is 15.1. The minimum atomic E-state index is -0.257. The van der Waals surface area contributed by atoms with Gasteiger partial charge in [-0.25, -0.2) is 4.39 Å². The van der Waals surface area contributed by atoms with Crippen LogP contribution in [0.15, 0.2) is 24.3 Å². The molecule has 1 atom stereocenters. The Morgan fingerprint density at radius 3 is 2.81 bits per heavy atom. The summed E-state index contributed by atoms with van der Waals surface area (Å²) in [5, 5.41) is 0. The van der Waals surface area contributed by atoms with Gasteiger partial charge in [0.05, 0.1) is 6.61 Å². The Kier molecular flexibility index (Phi) is 6.42. The Morgan fingerprint density at radius 2 is 2.10 bits per heavy atom. The van der Waals surface area contributed by atoms with Crippen LogP contribution < -0.4 is 4.74 Å². The summed E-state index contributed by atoms with van der Waals surface area (Å²) >= 11 is 0. The number of piperazine rings is 1. The summed E-state index contributed by atoms with van der Waals surface area (Å²) in [6, 6.07) is 6.83. The van der Waals surface area contributed by atoms with E-state index >= 15 is 0 Å². The third-order valence-corrected chi connectivity index (χ3v) is 3.90. The molecule has 1 saturated heterocycles. The molecule has 0 unspecified atom stereocenters. The van der Waals surface area contributed by atoms with E-state index in [1.54, 1.807) is 19.2 Å². The maximum absolute atomic E-state index is 13.0. The largest absolute Gasteiger partial charge is 0.492 e. The topological polar surface area (TPSA) is 24.9 Å². The van der Waals surface area contributed by atoms with Crippen LogP contribution in [0.1, 0.15) is 6.92 Å². The Bertz CT molecular complexity index is 430. The van der Waals surface area contributed by atoms with Crippen molar-refractivity contribution in [3.63, 3.8) is 0 Å². The van der Waals surface area contributed by atoms with Crippen LogP contribution in [-0.4, -0.2) is 68.9 Å². The molecule has 0 aromatic heterocycles. The predicted molar refractivity (Wildman–Crippen MR) is 81.2 cm³/mol. The van der Waals surface area contributed by atoms with E-state index in [1.165, 1.54) is 12.1 Å². The van der Waals surface area contributed by atoms with Crippen LogP contribution >= 0.6 is 0 Å². The molecule has 1 aliphatic rings. The smallest absolute Gasteiger partial charge is 0.126 e. The van der Waals surface area contributed by atoms with Gasteiger partial charge in [0.25, 0.3) is 0 Å². The second kappa shape index (κ2) is 8.32. The average molecular weight is 296 g/mol. The molecule has 118 valence electrons. The Morgan fingerprint density at radius 1 is 1.24 bits per heavy atom. The summed E-state index contributed by atoms with van der Waals surface area (Å²) in [6.07, 6.45) is 0. The van der Waals surface area contributed by atoms with Gasteiger partial charge in [-0.15, -0.1) is 0 Å². The van der Waals surface area contributed by atoms with Crippen LogP contribution in [0.5, 0.6) is 5.75 Å².